The Morgan fingerprint density at radius 2 is 1.88 bits per heavy atom. The Labute approximate surface area is 97.7 Å². The van der Waals surface area contributed by atoms with Crippen LogP contribution in [0.4, 0.5) is 5.69 Å². The highest BCUT2D eigenvalue weighted by atomic mass is 35.5. The van der Waals surface area contributed by atoms with Crippen molar-refractivity contribution in [1.29, 1.82) is 0 Å². The van der Waals surface area contributed by atoms with Gasteiger partial charge in [-0.1, -0.05) is 23.7 Å². The zero-order valence-electron chi connectivity index (χ0n) is 8.40. The number of benzene rings is 2. The summed E-state index contributed by atoms with van der Waals surface area (Å²) in [6.45, 7) is -0.0842. The van der Waals surface area contributed by atoms with Gasteiger partial charge in [-0.3, -0.25) is 4.79 Å². The molecule has 0 fully saturated rings. The lowest BCUT2D eigenvalue weighted by Crippen LogP contribution is -2.12. The molecule has 2 rings (SSSR count). The minimum atomic E-state index is -0.879. The molecule has 16 heavy (non-hydrogen) atoms. The van der Waals surface area contributed by atoms with Crippen LogP contribution in [0.2, 0.25) is 5.02 Å². The summed E-state index contributed by atoms with van der Waals surface area (Å²) in [7, 11) is 0. The van der Waals surface area contributed by atoms with Crippen molar-refractivity contribution in [1.82, 2.24) is 0 Å². The molecule has 0 amide bonds. The van der Waals surface area contributed by atoms with Gasteiger partial charge in [0.2, 0.25) is 0 Å². The Kier molecular flexibility index (Phi) is 2.97. The molecule has 0 aliphatic rings. The highest BCUT2D eigenvalue weighted by molar-refractivity contribution is 6.31. The van der Waals surface area contributed by atoms with Crippen LogP contribution < -0.4 is 5.32 Å². The molecule has 2 N–H and O–H groups in total. The van der Waals surface area contributed by atoms with Gasteiger partial charge in [0.05, 0.1) is 0 Å². The Balaban J connectivity index is 2.30. The average molecular weight is 236 g/mol. The fourth-order valence-electron chi connectivity index (χ4n) is 1.50. The van der Waals surface area contributed by atoms with Crippen molar-refractivity contribution in [3.8, 4) is 0 Å². The van der Waals surface area contributed by atoms with Crippen LogP contribution in [0.15, 0.2) is 36.4 Å². The van der Waals surface area contributed by atoms with E-state index in [1.165, 1.54) is 0 Å². The van der Waals surface area contributed by atoms with Crippen molar-refractivity contribution in [3.05, 3.63) is 41.4 Å². The number of rotatable bonds is 3. The first-order chi connectivity index (χ1) is 7.65. The van der Waals surface area contributed by atoms with Crippen molar-refractivity contribution in [2.45, 2.75) is 0 Å². The molecule has 3 nitrogen and oxygen atoms in total. The molecule has 0 saturated heterocycles. The molecule has 2 aromatic rings. The van der Waals surface area contributed by atoms with E-state index >= 15 is 0 Å². The van der Waals surface area contributed by atoms with Gasteiger partial charge in [-0.15, -0.1) is 0 Å². The van der Waals surface area contributed by atoms with Gasteiger partial charge in [-0.05, 0) is 35.0 Å². The second-order valence-electron chi connectivity index (χ2n) is 3.45. The summed E-state index contributed by atoms with van der Waals surface area (Å²) >= 11 is 5.87. The number of fused-ring (bicyclic) bond motifs is 1. The zero-order valence-corrected chi connectivity index (χ0v) is 9.16. The van der Waals surface area contributed by atoms with Crippen LogP contribution in [0.25, 0.3) is 10.8 Å². The van der Waals surface area contributed by atoms with Crippen molar-refractivity contribution in [3.63, 3.8) is 0 Å². The van der Waals surface area contributed by atoms with Crippen molar-refractivity contribution >= 4 is 34.0 Å². The summed E-state index contributed by atoms with van der Waals surface area (Å²) in [4.78, 5) is 10.4. The molecule has 0 spiro atoms. The third kappa shape index (κ3) is 2.44. The van der Waals surface area contributed by atoms with Gasteiger partial charge in [-0.25, -0.2) is 0 Å². The van der Waals surface area contributed by atoms with Crippen molar-refractivity contribution in [2.75, 3.05) is 11.9 Å². The third-order valence-electron chi connectivity index (χ3n) is 2.25. The van der Waals surface area contributed by atoms with Gasteiger partial charge in [0, 0.05) is 10.7 Å². The fourth-order valence-corrected chi connectivity index (χ4v) is 1.68. The van der Waals surface area contributed by atoms with E-state index in [9.17, 15) is 4.79 Å². The third-order valence-corrected chi connectivity index (χ3v) is 2.48. The second-order valence-corrected chi connectivity index (χ2v) is 3.89. The van der Waals surface area contributed by atoms with Crippen molar-refractivity contribution in [2.24, 2.45) is 0 Å². The van der Waals surface area contributed by atoms with Crippen LogP contribution in [0.3, 0.4) is 0 Å². The van der Waals surface area contributed by atoms with Gasteiger partial charge >= 0.3 is 5.97 Å². The maximum atomic E-state index is 10.4. The normalized spacial score (nSPS) is 10.3. The Morgan fingerprint density at radius 1 is 1.19 bits per heavy atom. The Hall–Kier alpha value is -1.74. The van der Waals surface area contributed by atoms with E-state index in [1.54, 1.807) is 0 Å². The number of carboxylic acids is 1. The number of carbonyl (C=O) groups is 1. The molecule has 82 valence electrons. The number of anilines is 1. The summed E-state index contributed by atoms with van der Waals surface area (Å²) < 4.78 is 0. The molecule has 0 aliphatic heterocycles. The van der Waals surface area contributed by atoms with Gasteiger partial charge in [0.25, 0.3) is 0 Å². The van der Waals surface area contributed by atoms with E-state index in [1.807, 2.05) is 36.4 Å². The predicted molar refractivity (Wildman–Crippen MR) is 65.1 cm³/mol. The second kappa shape index (κ2) is 4.41. The largest absolute Gasteiger partial charge is 0.480 e. The number of hydrogen-bond acceptors (Lipinski definition) is 2. The van der Waals surface area contributed by atoms with Crippen LogP contribution >= 0.6 is 11.6 Å². The van der Waals surface area contributed by atoms with Crippen molar-refractivity contribution < 1.29 is 9.90 Å². The van der Waals surface area contributed by atoms with Gasteiger partial charge in [0.1, 0.15) is 6.54 Å². The minimum Gasteiger partial charge on any atom is -0.480 e. The van der Waals surface area contributed by atoms with E-state index < -0.39 is 5.97 Å². The number of hydrogen-bond donors (Lipinski definition) is 2. The lowest BCUT2D eigenvalue weighted by molar-refractivity contribution is -0.134. The number of aliphatic carboxylic acids is 1. The SMILES string of the molecule is O=C(O)CNc1ccc2cc(Cl)ccc2c1. The first-order valence-corrected chi connectivity index (χ1v) is 5.18. The lowest BCUT2D eigenvalue weighted by atomic mass is 10.1. The fraction of sp³-hybridized carbons (Fsp3) is 0.0833. The van der Waals surface area contributed by atoms with Crippen LogP contribution in [-0.4, -0.2) is 17.6 Å². The van der Waals surface area contributed by atoms with Gasteiger partial charge < -0.3 is 10.4 Å². The Morgan fingerprint density at radius 3 is 2.62 bits per heavy atom. The average Bonchev–Trinajstić information content (AvgIpc) is 2.26. The molecule has 0 atom stereocenters. The molecule has 0 aliphatic carbocycles. The van der Waals surface area contributed by atoms with E-state index in [2.05, 4.69) is 5.32 Å². The quantitative estimate of drug-likeness (QED) is 0.860. The minimum absolute atomic E-state index is 0.0842. The van der Waals surface area contributed by atoms with E-state index in [0.29, 0.717) is 5.02 Å². The van der Waals surface area contributed by atoms with E-state index in [0.717, 1.165) is 16.5 Å². The molecule has 0 aromatic heterocycles. The van der Waals surface area contributed by atoms with Gasteiger partial charge in [0.15, 0.2) is 0 Å². The smallest absolute Gasteiger partial charge is 0.322 e. The molecular formula is C12H10ClNO2. The molecule has 0 saturated carbocycles. The molecular weight excluding hydrogens is 226 g/mol. The lowest BCUT2D eigenvalue weighted by Gasteiger charge is -2.05. The molecule has 2 aromatic carbocycles. The van der Waals surface area contributed by atoms with Crippen LogP contribution in [-0.2, 0) is 4.79 Å². The molecule has 0 heterocycles. The molecule has 0 unspecified atom stereocenters. The highest BCUT2D eigenvalue weighted by Crippen LogP contribution is 2.22. The number of halogens is 1. The summed E-state index contributed by atoms with van der Waals surface area (Å²) in [6.07, 6.45) is 0. The highest BCUT2D eigenvalue weighted by Gasteiger charge is 1.99. The van der Waals surface area contributed by atoms with Crippen LogP contribution in [0, 0.1) is 0 Å². The first kappa shape index (κ1) is 10.8. The van der Waals surface area contributed by atoms with Gasteiger partial charge in [-0.2, -0.15) is 0 Å². The summed E-state index contributed by atoms with van der Waals surface area (Å²) in [5, 5.41) is 14.1. The van der Waals surface area contributed by atoms with Crippen LogP contribution in [0.1, 0.15) is 0 Å². The number of carboxylic acid groups (broad SMARTS) is 1. The zero-order chi connectivity index (χ0) is 11.5. The summed E-state index contributed by atoms with van der Waals surface area (Å²) in [5.41, 5.74) is 0.789. The van der Waals surface area contributed by atoms with E-state index in [4.69, 9.17) is 16.7 Å². The monoisotopic (exact) mass is 235 g/mol. The van der Waals surface area contributed by atoms with Crippen LogP contribution in [0.5, 0.6) is 0 Å². The maximum absolute atomic E-state index is 10.4. The number of nitrogens with one attached hydrogen (secondary N) is 1. The standard InChI is InChI=1S/C12H10ClNO2/c13-10-3-1-9-6-11(14-7-12(15)16)4-2-8(9)5-10/h1-6,14H,7H2,(H,15,16). The topological polar surface area (TPSA) is 49.3 Å². The Bertz CT molecular complexity index is 540. The predicted octanol–water partition coefficient (Wildman–Crippen LogP) is 2.99. The summed E-state index contributed by atoms with van der Waals surface area (Å²) in [5.74, 6) is -0.879. The molecule has 0 bridgehead atoms. The van der Waals surface area contributed by atoms with E-state index in [-0.39, 0.29) is 6.54 Å². The summed E-state index contributed by atoms with van der Waals surface area (Å²) in [6, 6.07) is 11.2. The first-order valence-electron chi connectivity index (χ1n) is 4.80. The molecule has 4 heteroatoms. The maximum Gasteiger partial charge on any atom is 0.322 e. The molecule has 0 radical (unpaired) electrons.